The van der Waals surface area contributed by atoms with Crippen LogP contribution in [0, 0.1) is 10.1 Å². The zero-order valence-corrected chi connectivity index (χ0v) is 17.8. The first kappa shape index (κ1) is 20.6. The molecule has 2 aromatic carbocycles. The van der Waals surface area contributed by atoms with Crippen LogP contribution in [-0.2, 0) is 0 Å². The minimum atomic E-state index is -0.498. The molecule has 1 fully saturated rings. The fourth-order valence-electron chi connectivity index (χ4n) is 4.09. The lowest BCUT2D eigenvalue weighted by Crippen LogP contribution is -2.45. The predicted molar refractivity (Wildman–Crippen MR) is 125 cm³/mol. The number of nitro groups is 1. The number of H-pyrrole nitrogens is 1. The molecule has 33 heavy (non-hydrogen) atoms. The van der Waals surface area contributed by atoms with Crippen LogP contribution >= 0.6 is 0 Å². The number of anilines is 1. The second-order valence-electron chi connectivity index (χ2n) is 8.03. The Kier molecular flexibility index (Phi) is 5.43. The molecule has 0 saturated carbocycles. The number of fused-ring (bicyclic) bond motifs is 1. The molecule has 2 aromatic heterocycles. The van der Waals surface area contributed by atoms with Crippen LogP contribution in [0.15, 0.2) is 66.7 Å². The number of pyridine rings is 1. The molecule has 0 atom stereocenters. The summed E-state index contributed by atoms with van der Waals surface area (Å²) < 4.78 is 0. The SMILES string of the molecule is O=C(NC1CCN(c2cccc(-c3nc4ccccc4[nH]3)n2)CC1)c1cccc([N+](=O)[O-])c1. The summed E-state index contributed by atoms with van der Waals surface area (Å²) in [5.41, 5.74) is 2.87. The maximum absolute atomic E-state index is 12.5. The van der Waals surface area contributed by atoms with Crippen LogP contribution in [0.4, 0.5) is 11.5 Å². The molecule has 166 valence electrons. The van der Waals surface area contributed by atoms with Crippen molar-refractivity contribution in [1.82, 2.24) is 20.3 Å². The van der Waals surface area contributed by atoms with Gasteiger partial charge in [0.05, 0.1) is 16.0 Å². The van der Waals surface area contributed by atoms with E-state index in [4.69, 9.17) is 4.98 Å². The maximum atomic E-state index is 12.5. The number of hydrogen-bond donors (Lipinski definition) is 2. The van der Waals surface area contributed by atoms with E-state index in [1.54, 1.807) is 6.07 Å². The number of aromatic amines is 1. The molecule has 0 spiro atoms. The number of benzene rings is 2. The summed E-state index contributed by atoms with van der Waals surface area (Å²) in [7, 11) is 0. The van der Waals surface area contributed by atoms with E-state index in [0.29, 0.717) is 5.56 Å². The molecule has 9 nitrogen and oxygen atoms in total. The molecule has 1 aliphatic rings. The number of carbonyl (C=O) groups excluding carboxylic acids is 1. The summed E-state index contributed by atoms with van der Waals surface area (Å²) in [6.45, 7) is 1.49. The third kappa shape index (κ3) is 4.38. The highest BCUT2D eigenvalue weighted by Gasteiger charge is 2.23. The van der Waals surface area contributed by atoms with Crippen LogP contribution in [0.1, 0.15) is 23.2 Å². The zero-order chi connectivity index (χ0) is 22.8. The fourth-order valence-corrected chi connectivity index (χ4v) is 4.09. The van der Waals surface area contributed by atoms with Gasteiger partial charge in [-0.05, 0) is 43.2 Å². The summed E-state index contributed by atoms with van der Waals surface area (Å²) >= 11 is 0. The third-order valence-corrected chi connectivity index (χ3v) is 5.84. The topological polar surface area (TPSA) is 117 Å². The number of nitro benzene ring substituents is 1. The molecule has 0 aliphatic carbocycles. The number of carbonyl (C=O) groups is 1. The lowest BCUT2D eigenvalue weighted by atomic mass is 10.0. The Bertz CT molecular complexity index is 1290. The van der Waals surface area contributed by atoms with E-state index < -0.39 is 4.92 Å². The van der Waals surface area contributed by atoms with Crippen molar-refractivity contribution in [2.75, 3.05) is 18.0 Å². The first-order valence-corrected chi connectivity index (χ1v) is 10.8. The number of hydrogen-bond acceptors (Lipinski definition) is 6. The Morgan fingerprint density at radius 1 is 1.03 bits per heavy atom. The molecule has 0 unspecified atom stereocenters. The number of nitrogens with zero attached hydrogens (tertiary/aromatic N) is 4. The lowest BCUT2D eigenvalue weighted by molar-refractivity contribution is -0.384. The highest BCUT2D eigenvalue weighted by Crippen LogP contribution is 2.24. The van der Waals surface area contributed by atoms with Crippen molar-refractivity contribution in [1.29, 1.82) is 0 Å². The third-order valence-electron chi connectivity index (χ3n) is 5.84. The van der Waals surface area contributed by atoms with Crippen molar-refractivity contribution in [3.05, 3.63) is 82.4 Å². The number of aromatic nitrogens is 3. The largest absolute Gasteiger partial charge is 0.356 e. The van der Waals surface area contributed by atoms with Crippen molar-refractivity contribution in [2.45, 2.75) is 18.9 Å². The van der Waals surface area contributed by atoms with E-state index in [-0.39, 0.29) is 17.6 Å². The first-order valence-electron chi connectivity index (χ1n) is 10.8. The van der Waals surface area contributed by atoms with Gasteiger partial charge >= 0.3 is 0 Å². The Balaban J connectivity index is 1.23. The Morgan fingerprint density at radius 3 is 2.61 bits per heavy atom. The highest BCUT2D eigenvalue weighted by molar-refractivity contribution is 5.95. The van der Waals surface area contributed by atoms with Crippen molar-refractivity contribution in [2.24, 2.45) is 0 Å². The average Bonchev–Trinajstić information content (AvgIpc) is 3.29. The van der Waals surface area contributed by atoms with E-state index in [9.17, 15) is 14.9 Å². The van der Waals surface area contributed by atoms with Gasteiger partial charge in [-0.15, -0.1) is 0 Å². The normalized spacial score (nSPS) is 14.4. The van der Waals surface area contributed by atoms with E-state index in [1.165, 1.54) is 18.2 Å². The van der Waals surface area contributed by atoms with Gasteiger partial charge in [-0.25, -0.2) is 9.97 Å². The molecule has 0 bridgehead atoms. The molecular formula is C24H22N6O3. The van der Waals surface area contributed by atoms with Crippen LogP contribution in [0.2, 0.25) is 0 Å². The van der Waals surface area contributed by atoms with Crippen molar-refractivity contribution in [3.8, 4) is 11.5 Å². The second-order valence-corrected chi connectivity index (χ2v) is 8.03. The smallest absolute Gasteiger partial charge is 0.270 e. The van der Waals surface area contributed by atoms with Crippen molar-refractivity contribution in [3.63, 3.8) is 0 Å². The van der Waals surface area contributed by atoms with Crippen molar-refractivity contribution >= 4 is 28.4 Å². The molecule has 2 N–H and O–H groups in total. The van der Waals surface area contributed by atoms with Gasteiger partial charge in [0.1, 0.15) is 11.5 Å². The standard InChI is InChI=1S/C24H22N6O3/c31-24(16-5-3-6-18(15-16)30(32)33)25-17-11-13-29(14-12-17)22-10-4-9-21(26-22)23-27-19-7-1-2-8-20(19)28-23/h1-10,15,17H,11-14H2,(H,25,31)(H,27,28). The van der Waals surface area contributed by atoms with Gasteiger partial charge in [0.15, 0.2) is 5.82 Å². The zero-order valence-electron chi connectivity index (χ0n) is 17.8. The van der Waals surface area contributed by atoms with Crippen molar-refractivity contribution < 1.29 is 9.72 Å². The fraction of sp³-hybridized carbons (Fsp3) is 0.208. The molecule has 0 radical (unpaired) electrons. The lowest BCUT2D eigenvalue weighted by Gasteiger charge is -2.33. The summed E-state index contributed by atoms with van der Waals surface area (Å²) in [4.78, 5) is 37.9. The number of nitrogens with one attached hydrogen (secondary N) is 2. The molecule has 3 heterocycles. The highest BCUT2D eigenvalue weighted by atomic mass is 16.6. The second kappa shape index (κ2) is 8.70. The quantitative estimate of drug-likeness (QED) is 0.357. The molecule has 1 saturated heterocycles. The van der Waals surface area contributed by atoms with Crippen LogP contribution in [-0.4, -0.2) is 44.9 Å². The summed E-state index contributed by atoms with van der Waals surface area (Å²) in [6.07, 6.45) is 1.52. The molecule has 9 heteroatoms. The minimum absolute atomic E-state index is 0.00608. The van der Waals surface area contributed by atoms with E-state index >= 15 is 0 Å². The van der Waals surface area contributed by atoms with E-state index in [1.807, 2.05) is 42.5 Å². The molecule has 5 rings (SSSR count). The molecular weight excluding hydrogens is 420 g/mol. The van der Waals surface area contributed by atoms with E-state index in [2.05, 4.69) is 20.2 Å². The van der Waals surface area contributed by atoms with Gasteiger partial charge in [0.25, 0.3) is 11.6 Å². The Labute approximate surface area is 189 Å². The average molecular weight is 442 g/mol. The number of rotatable bonds is 5. The van der Waals surface area contributed by atoms with Gasteiger partial charge in [-0.2, -0.15) is 0 Å². The first-order chi connectivity index (χ1) is 16.1. The van der Waals surface area contributed by atoms with Gasteiger partial charge in [0, 0.05) is 36.8 Å². The number of amides is 1. The van der Waals surface area contributed by atoms with Crippen LogP contribution < -0.4 is 10.2 Å². The number of piperidine rings is 1. The molecule has 4 aromatic rings. The van der Waals surface area contributed by atoms with Gasteiger partial charge in [-0.1, -0.05) is 24.3 Å². The van der Waals surface area contributed by atoms with Crippen LogP contribution in [0.5, 0.6) is 0 Å². The summed E-state index contributed by atoms with van der Waals surface area (Å²) in [6, 6.07) is 19.6. The Morgan fingerprint density at radius 2 is 1.82 bits per heavy atom. The van der Waals surface area contributed by atoms with Gasteiger partial charge in [-0.3, -0.25) is 14.9 Å². The van der Waals surface area contributed by atoms with Crippen LogP contribution in [0.25, 0.3) is 22.6 Å². The monoisotopic (exact) mass is 442 g/mol. The number of non-ortho nitro benzene ring substituents is 1. The predicted octanol–water partition coefficient (Wildman–Crippen LogP) is 3.93. The summed E-state index contributed by atoms with van der Waals surface area (Å²) in [5, 5.41) is 14.0. The minimum Gasteiger partial charge on any atom is -0.356 e. The van der Waals surface area contributed by atoms with Gasteiger partial charge < -0.3 is 15.2 Å². The van der Waals surface area contributed by atoms with Crippen LogP contribution in [0.3, 0.4) is 0 Å². The molecule has 1 aliphatic heterocycles. The Hall–Kier alpha value is -4.27. The maximum Gasteiger partial charge on any atom is 0.270 e. The molecule has 1 amide bonds. The van der Waals surface area contributed by atoms with Gasteiger partial charge in [0.2, 0.25) is 0 Å². The van der Waals surface area contributed by atoms with E-state index in [0.717, 1.165) is 54.3 Å². The summed E-state index contributed by atoms with van der Waals surface area (Å²) in [5.74, 6) is 1.32. The number of para-hydroxylation sites is 2. The number of imidazole rings is 1.